The van der Waals surface area contributed by atoms with E-state index in [1.54, 1.807) is 6.92 Å². The van der Waals surface area contributed by atoms with Gasteiger partial charge in [0.15, 0.2) is 0 Å². The smallest absolute Gasteiger partial charge is 0.494 e. The summed E-state index contributed by atoms with van der Waals surface area (Å²) in [5.74, 6) is 1.03. The number of carbonyl (C=O) groups is 2. The Kier molecular flexibility index (Phi) is 32.8. The summed E-state index contributed by atoms with van der Waals surface area (Å²) >= 11 is 0. The molecule has 0 saturated carbocycles. The van der Waals surface area contributed by atoms with Crippen molar-refractivity contribution in [3.63, 3.8) is 0 Å². The van der Waals surface area contributed by atoms with Gasteiger partial charge in [-0.25, -0.2) is 0 Å². The first-order valence-electron chi connectivity index (χ1n) is 21.7. The second kappa shape index (κ2) is 33.4. The summed E-state index contributed by atoms with van der Waals surface area (Å²) in [6.45, 7) is 8.94. The average molecular weight is 773 g/mol. The highest BCUT2D eigenvalue weighted by molar-refractivity contribution is 6.26. The van der Waals surface area contributed by atoms with Crippen molar-refractivity contribution in [2.45, 2.75) is 214 Å². The van der Waals surface area contributed by atoms with Crippen LogP contribution in [0, 0.1) is 22.7 Å². The topological polar surface area (TPSA) is 119 Å². The molecule has 0 spiro atoms. The lowest BCUT2D eigenvalue weighted by atomic mass is 9.59. The molecule has 0 aliphatic carbocycles. The molecule has 0 unspecified atom stereocenters. The van der Waals surface area contributed by atoms with Crippen molar-refractivity contribution in [3.05, 3.63) is 0 Å². The van der Waals surface area contributed by atoms with Crippen molar-refractivity contribution in [2.24, 2.45) is 22.7 Å². The number of rotatable bonds is 40. The van der Waals surface area contributed by atoms with E-state index in [1.165, 1.54) is 116 Å². The van der Waals surface area contributed by atoms with Crippen LogP contribution in [-0.4, -0.2) is 61.3 Å². The van der Waals surface area contributed by atoms with E-state index in [9.17, 15) is 24.3 Å². The third-order valence-electron chi connectivity index (χ3n) is 11.3. The van der Waals surface area contributed by atoms with Gasteiger partial charge in [-0.1, -0.05) is 182 Å². The van der Waals surface area contributed by atoms with E-state index in [-0.39, 0.29) is 34.9 Å². The molecule has 0 fully saturated rings. The summed E-state index contributed by atoms with van der Waals surface area (Å²) in [6.07, 6.45) is 31.4. The summed E-state index contributed by atoms with van der Waals surface area (Å²) in [4.78, 5) is 27.8. The monoisotopic (exact) mass is 773 g/mol. The summed E-state index contributed by atoms with van der Waals surface area (Å²) in [5.41, 5.74) is -3.30. The Hall–Kier alpha value is -0.946. The average Bonchev–Trinajstić information content (AvgIpc) is 3.11. The van der Waals surface area contributed by atoms with Gasteiger partial charge >= 0.3 is 9.17 Å². The van der Waals surface area contributed by atoms with Crippen LogP contribution in [-0.2, 0) is 27.6 Å². The lowest BCUT2D eigenvalue weighted by Gasteiger charge is -2.44. The number of carbonyl (C=O) groups excluding carboxylic acids is 2. The molecular weight excluding hydrogens is 689 g/mol. The first kappa shape index (κ1) is 51.1. The quantitative estimate of drug-likeness (QED) is 0.0208. The zero-order valence-corrected chi connectivity index (χ0v) is 37.9. The lowest BCUT2D eigenvalue weighted by molar-refractivity contribution is -0.165. The fourth-order valence-corrected chi connectivity index (χ4v) is 8.34. The van der Waals surface area contributed by atoms with Gasteiger partial charge in [0.05, 0.1) is 30.7 Å². The molecule has 2 N–H and O–H groups in total. The van der Waals surface area contributed by atoms with Crippen LogP contribution in [0.1, 0.15) is 214 Å². The molecule has 0 saturated heterocycles. The zero-order chi connectivity index (χ0) is 38.9. The first-order chi connectivity index (χ1) is 25.0. The van der Waals surface area contributed by atoms with Crippen LogP contribution in [0.5, 0.6) is 0 Å². The van der Waals surface area contributed by atoms with Gasteiger partial charge in [-0.2, -0.15) is 0 Å². The number of hydrogen-bond donors (Lipinski definition) is 2. The van der Waals surface area contributed by atoms with Crippen molar-refractivity contribution in [1.82, 2.24) is 0 Å². The molecule has 52 heavy (non-hydrogen) atoms. The highest BCUT2D eigenvalue weighted by Crippen LogP contribution is 2.43. The summed E-state index contributed by atoms with van der Waals surface area (Å²) in [7, 11) is -2.89. The predicted molar refractivity (Wildman–Crippen MR) is 218 cm³/mol. The van der Waals surface area contributed by atoms with Gasteiger partial charge < -0.3 is 19.2 Å². The molecule has 0 aliphatic heterocycles. The van der Waals surface area contributed by atoms with Crippen molar-refractivity contribution >= 4 is 31.2 Å². The third kappa shape index (κ3) is 23.8. The number of hydrogen-bond acceptors (Lipinski definition) is 8. The molecule has 0 amide bonds. The summed E-state index contributed by atoms with van der Waals surface area (Å²) < 4.78 is 26.7. The molecule has 0 rings (SSSR count). The molecule has 0 radical (unpaired) electrons. The summed E-state index contributed by atoms with van der Waals surface area (Å²) in [6, 6.07) is 0. The zero-order valence-electron chi connectivity index (χ0n) is 34.9. The van der Waals surface area contributed by atoms with Crippen molar-refractivity contribution in [1.29, 1.82) is 0 Å². The van der Waals surface area contributed by atoms with E-state index >= 15 is 0 Å². The van der Waals surface area contributed by atoms with Gasteiger partial charge in [0.2, 0.25) is 10.5 Å². The molecule has 0 aliphatic rings. The molecule has 0 atom stereocenters. The van der Waals surface area contributed by atoms with E-state index < -0.39 is 39.8 Å². The Bertz CT molecular complexity index is 830. The van der Waals surface area contributed by atoms with E-state index in [4.69, 9.17) is 4.43 Å². The van der Waals surface area contributed by atoms with E-state index in [0.29, 0.717) is 12.8 Å². The highest BCUT2D eigenvalue weighted by atomic mass is 28.3. The van der Waals surface area contributed by atoms with Crippen LogP contribution in [0.15, 0.2) is 0 Å². The van der Waals surface area contributed by atoms with Gasteiger partial charge in [-0.15, -0.1) is 0 Å². The Balaban J connectivity index is 4.77. The number of aliphatic hydroxyl groups excluding tert-OH is 2. The SMILES string of the molecule is CC(C)CCCCCCCCCCCCCCC(=O)C(C)(C(=O)CCCCCCCCCCCCCCC(C)C)C(CO)(CO)CO[Si](=O)OO[SiH3]. The van der Waals surface area contributed by atoms with Crippen LogP contribution >= 0.6 is 0 Å². The molecule has 0 aromatic rings. The number of aliphatic hydroxyl groups is 2. The van der Waals surface area contributed by atoms with Crippen LogP contribution < -0.4 is 0 Å². The van der Waals surface area contributed by atoms with Crippen molar-refractivity contribution in [3.8, 4) is 0 Å². The van der Waals surface area contributed by atoms with Gasteiger partial charge in [0, 0.05) is 12.8 Å². The van der Waals surface area contributed by atoms with E-state index in [0.717, 1.165) is 50.4 Å². The van der Waals surface area contributed by atoms with Crippen LogP contribution in [0.25, 0.3) is 0 Å². The largest absolute Gasteiger partial charge is 0.800 e. The van der Waals surface area contributed by atoms with Crippen LogP contribution in [0.3, 0.4) is 0 Å². The maximum atomic E-state index is 13.9. The standard InChI is InChI=1S/C42H84O8Si2/c1-37(2)30-26-22-18-14-10-6-8-12-16-20-24-28-32-39(45)41(5,42(34-43,35-44)36-48-52(47)50-49-51)40(46)33-29-25-21-17-13-9-7-11-15-19-23-27-31-38(3)4/h37-38,43-44H,6-36H2,1-5,51H3. The second-order valence-corrected chi connectivity index (χ2v) is 18.0. The first-order valence-corrected chi connectivity index (χ1v) is 23.7. The fraction of sp³-hybridized carbons (Fsp3) is 0.952. The number of ketones is 2. The Labute approximate surface area is 325 Å². The second-order valence-electron chi connectivity index (χ2n) is 16.7. The molecule has 10 heteroatoms. The van der Waals surface area contributed by atoms with E-state index in [1.807, 2.05) is 0 Å². The van der Waals surface area contributed by atoms with Gasteiger partial charge in [0.1, 0.15) is 11.6 Å². The summed E-state index contributed by atoms with van der Waals surface area (Å²) in [5, 5.41) is 21.1. The van der Waals surface area contributed by atoms with Crippen molar-refractivity contribution in [2.75, 3.05) is 19.8 Å². The van der Waals surface area contributed by atoms with Gasteiger partial charge in [-0.3, -0.25) is 18.6 Å². The minimum absolute atomic E-state index is 0.188. The Morgan fingerprint density at radius 3 is 1.12 bits per heavy atom. The number of unbranched alkanes of at least 4 members (excludes halogenated alkanes) is 22. The van der Waals surface area contributed by atoms with Gasteiger partial charge in [0.25, 0.3) is 0 Å². The Morgan fingerprint density at radius 1 is 0.558 bits per heavy atom. The normalized spacial score (nSPS) is 12.2. The van der Waals surface area contributed by atoms with Crippen molar-refractivity contribution < 1.29 is 37.8 Å². The molecule has 308 valence electrons. The molecule has 0 aromatic heterocycles. The minimum Gasteiger partial charge on any atom is -0.494 e. The minimum atomic E-state index is -3.07. The van der Waals surface area contributed by atoms with Gasteiger partial charge in [-0.05, 0) is 31.6 Å². The maximum Gasteiger partial charge on any atom is 0.800 e. The van der Waals surface area contributed by atoms with E-state index in [2.05, 4.69) is 36.8 Å². The molecule has 0 aromatic carbocycles. The lowest BCUT2D eigenvalue weighted by Crippen LogP contribution is -2.58. The third-order valence-corrected chi connectivity index (χ3v) is 12.5. The number of Topliss-reactive ketones (excluding diaryl/α,β-unsaturated/α-hetero) is 2. The van der Waals surface area contributed by atoms with Crippen LogP contribution in [0.2, 0.25) is 0 Å². The molecule has 0 bridgehead atoms. The van der Waals surface area contributed by atoms with Crippen LogP contribution in [0.4, 0.5) is 0 Å². The fourth-order valence-electron chi connectivity index (χ4n) is 7.35. The Morgan fingerprint density at radius 2 is 0.846 bits per heavy atom. The highest BCUT2D eigenvalue weighted by Gasteiger charge is 2.57. The predicted octanol–water partition coefficient (Wildman–Crippen LogP) is 10.00. The molecule has 0 heterocycles. The molecular formula is C42H84O8Si2. The maximum absolute atomic E-state index is 13.9. The molecule has 8 nitrogen and oxygen atoms in total.